The van der Waals surface area contributed by atoms with Crippen LogP contribution in [-0.2, 0) is 9.84 Å². The Morgan fingerprint density at radius 3 is 2.24 bits per heavy atom. The van der Waals surface area contributed by atoms with E-state index in [9.17, 15) is 8.42 Å². The van der Waals surface area contributed by atoms with Crippen LogP contribution in [0.3, 0.4) is 0 Å². The molecule has 0 aliphatic rings. The van der Waals surface area contributed by atoms with E-state index in [0.29, 0.717) is 4.90 Å². The Labute approximate surface area is 128 Å². The third-order valence-electron chi connectivity index (χ3n) is 3.26. The van der Waals surface area contributed by atoms with Crippen molar-refractivity contribution in [2.24, 2.45) is 0 Å². The summed E-state index contributed by atoms with van der Waals surface area (Å²) in [4.78, 5) is 1.35. The van der Waals surface area contributed by atoms with Crippen LogP contribution >= 0.6 is 11.3 Å². The van der Waals surface area contributed by atoms with Crippen molar-refractivity contribution in [2.45, 2.75) is 4.90 Å². The summed E-state index contributed by atoms with van der Waals surface area (Å²) in [7, 11) is -3.23. The average Bonchev–Trinajstić information content (AvgIpc) is 2.97. The van der Waals surface area contributed by atoms with Crippen LogP contribution in [0.25, 0.3) is 21.6 Å². The van der Waals surface area contributed by atoms with Crippen LogP contribution in [0.4, 0.5) is 0 Å². The SMILES string of the molecule is CS(=O)(=O)c1ccccc1-c1cc(-c2ccccc2)cs1. The lowest BCUT2D eigenvalue weighted by atomic mass is 10.1. The van der Waals surface area contributed by atoms with Crippen molar-refractivity contribution in [2.75, 3.05) is 6.26 Å². The highest BCUT2D eigenvalue weighted by Crippen LogP contribution is 2.35. The second-order valence-electron chi connectivity index (χ2n) is 4.83. The number of thiophene rings is 1. The summed E-state index contributed by atoms with van der Waals surface area (Å²) in [5, 5.41) is 2.06. The highest BCUT2D eigenvalue weighted by molar-refractivity contribution is 7.90. The van der Waals surface area contributed by atoms with E-state index >= 15 is 0 Å². The lowest BCUT2D eigenvalue weighted by Crippen LogP contribution is -1.98. The highest BCUT2D eigenvalue weighted by Gasteiger charge is 2.15. The van der Waals surface area contributed by atoms with Crippen LogP contribution in [0.5, 0.6) is 0 Å². The van der Waals surface area contributed by atoms with Gasteiger partial charge >= 0.3 is 0 Å². The molecule has 0 amide bonds. The zero-order chi connectivity index (χ0) is 14.9. The maximum atomic E-state index is 11.9. The first-order valence-electron chi connectivity index (χ1n) is 6.49. The number of rotatable bonds is 3. The Morgan fingerprint density at radius 1 is 0.857 bits per heavy atom. The monoisotopic (exact) mass is 314 g/mol. The van der Waals surface area contributed by atoms with E-state index in [0.717, 1.165) is 21.6 Å². The molecule has 0 aliphatic carbocycles. The molecule has 3 aromatic rings. The van der Waals surface area contributed by atoms with Gasteiger partial charge in [-0.15, -0.1) is 11.3 Å². The number of hydrogen-bond acceptors (Lipinski definition) is 3. The summed E-state index contributed by atoms with van der Waals surface area (Å²) in [5.41, 5.74) is 3.02. The Morgan fingerprint density at radius 2 is 1.52 bits per heavy atom. The first-order chi connectivity index (χ1) is 10.1. The zero-order valence-corrected chi connectivity index (χ0v) is 13.1. The normalized spacial score (nSPS) is 11.5. The molecule has 0 saturated heterocycles. The van der Waals surface area contributed by atoms with Crippen molar-refractivity contribution < 1.29 is 8.42 Å². The standard InChI is InChI=1S/C17H14O2S2/c1-21(18,19)17-10-6-5-9-15(17)16-11-14(12-20-16)13-7-3-2-4-8-13/h2-12H,1H3. The van der Waals surface area contributed by atoms with Gasteiger partial charge in [-0.3, -0.25) is 0 Å². The zero-order valence-electron chi connectivity index (χ0n) is 11.5. The van der Waals surface area contributed by atoms with E-state index in [-0.39, 0.29) is 0 Å². The molecule has 0 N–H and O–H groups in total. The first kappa shape index (κ1) is 14.0. The maximum Gasteiger partial charge on any atom is 0.176 e. The van der Waals surface area contributed by atoms with Gasteiger partial charge in [-0.25, -0.2) is 8.42 Å². The molecule has 21 heavy (non-hydrogen) atoms. The van der Waals surface area contributed by atoms with Crippen molar-refractivity contribution in [1.29, 1.82) is 0 Å². The van der Waals surface area contributed by atoms with Gasteiger partial charge < -0.3 is 0 Å². The maximum absolute atomic E-state index is 11.9. The lowest BCUT2D eigenvalue weighted by Gasteiger charge is -2.05. The van der Waals surface area contributed by atoms with E-state index in [1.807, 2.05) is 48.5 Å². The van der Waals surface area contributed by atoms with E-state index in [2.05, 4.69) is 5.38 Å². The second-order valence-corrected chi connectivity index (χ2v) is 7.73. The predicted octanol–water partition coefficient (Wildman–Crippen LogP) is 4.49. The van der Waals surface area contributed by atoms with Crippen LogP contribution in [-0.4, -0.2) is 14.7 Å². The molecule has 0 unspecified atom stereocenters. The molecule has 1 aromatic heterocycles. The van der Waals surface area contributed by atoms with Crippen molar-refractivity contribution >= 4 is 21.2 Å². The molecule has 4 heteroatoms. The van der Waals surface area contributed by atoms with Crippen molar-refractivity contribution in [3.8, 4) is 21.6 Å². The van der Waals surface area contributed by atoms with E-state index in [1.54, 1.807) is 23.5 Å². The molecule has 3 rings (SSSR count). The highest BCUT2D eigenvalue weighted by atomic mass is 32.2. The fourth-order valence-corrected chi connectivity index (χ4v) is 4.18. The van der Waals surface area contributed by atoms with E-state index in [4.69, 9.17) is 0 Å². The minimum absolute atomic E-state index is 0.381. The Hall–Kier alpha value is -1.91. The van der Waals surface area contributed by atoms with E-state index < -0.39 is 9.84 Å². The van der Waals surface area contributed by atoms with Crippen molar-refractivity contribution in [3.63, 3.8) is 0 Å². The molecule has 2 nitrogen and oxygen atoms in total. The van der Waals surface area contributed by atoms with E-state index in [1.165, 1.54) is 6.26 Å². The third-order valence-corrected chi connectivity index (χ3v) is 5.38. The molecule has 0 spiro atoms. The predicted molar refractivity (Wildman–Crippen MR) is 88.3 cm³/mol. The van der Waals surface area contributed by atoms with Gasteiger partial charge in [-0.2, -0.15) is 0 Å². The Kier molecular flexibility index (Phi) is 3.66. The van der Waals surface area contributed by atoms with Crippen LogP contribution < -0.4 is 0 Å². The molecule has 0 fully saturated rings. The van der Waals surface area contributed by atoms with Gasteiger partial charge in [-0.05, 0) is 28.6 Å². The molecule has 0 saturated carbocycles. The fourth-order valence-electron chi connectivity index (χ4n) is 2.25. The number of hydrogen-bond donors (Lipinski definition) is 0. The summed E-state index contributed by atoms with van der Waals surface area (Å²) < 4.78 is 23.8. The minimum atomic E-state index is -3.23. The molecule has 0 radical (unpaired) electrons. The summed E-state index contributed by atoms with van der Waals surface area (Å²) in [6.45, 7) is 0. The van der Waals surface area contributed by atoms with Crippen LogP contribution in [0, 0.1) is 0 Å². The number of sulfone groups is 1. The quantitative estimate of drug-likeness (QED) is 0.714. The van der Waals surface area contributed by atoms with Crippen molar-refractivity contribution in [1.82, 2.24) is 0 Å². The van der Waals surface area contributed by atoms with Gasteiger partial charge in [0, 0.05) is 16.7 Å². The molecule has 0 bridgehead atoms. The Balaban J connectivity index is 2.10. The Bertz CT molecular complexity index is 863. The summed E-state index contributed by atoms with van der Waals surface area (Å²) in [6, 6.07) is 19.3. The van der Waals surface area contributed by atoms with Gasteiger partial charge in [0.25, 0.3) is 0 Å². The van der Waals surface area contributed by atoms with Gasteiger partial charge in [-0.1, -0.05) is 48.5 Å². The third kappa shape index (κ3) is 2.91. The van der Waals surface area contributed by atoms with Crippen LogP contribution in [0.15, 0.2) is 70.9 Å². The smallest absolute Gasteiger partial charge is 0.176 e. The number of benzene rings is 2. The topological polar surface area (TPSA) is 34.1 Å². The molecule has 0 aliphatic heterocycles. The van der Waals surface area contributed by atoms with Gasteiger partial charge in [0.2, 0.25) is 0 Å². The van der Waals surface area contributed by atoms with Gasteiger partial charge in [0.1, 0.15) is 0 Å². The molecule has 1 heterocycles. The lowest BCUT2D eigenvalue weighted by molar-refractivity contribution is 0.602. The second kappa shape index (κ2) is 5.47. The molecule has 2 aromatic carbocycles. The van der Waals surface area contributed by atoms with Crippen molar-refractivity contribution in [3.05, 3.63) is 66.0 Å². The summed E-state index contributed by atoms with van der Waals surface area (Å²) >= 11 is 1.56. The fraction of sp³-hybridized carbons (Fsp3) is 0.0588. The molecular formula is C17H14O2S2. The molecule has 106 valence electrons. The minimum Gasteiger partial charge on any atom is -0.224 e. The molecular weight excluding hydrogens is 300 g/mol. The van der Waals surface area contributed by atoms with Crippen LogP contribution in [0.1, 0.15) is 0 Å². The summed E-state index contributed by atoms with van der Waals surface area (Å²) in [5.74, 6) is 0. The van der Waals surface area contributed by atoms with Gasteiger partial charge in [0.05, 0.1) is 4.90 Å². The average molecular weight is 314 g/mol. The molecule has 0 atom stereocenters. The van der Waals surface area contributed by atoms with Gasteiger partial charge in [0.15, 0.2) is 9.84 Å². The summed E-state index contributed by atoms with van der Waals surface area (Å²) in [6.07, 6.45) is 1.25. The first-order valence-corrected chi connectivity index (χ1v) is 9.26. The largest absolute Gasteiger partial charge is 0.224 e. The van der Waals surface area contributed by atoms with Crippen LogP contribution in [0.2, 0.25) is 0 Å².